The summed E-state index contributed by atoms with van der Waals surface area (Å²) in [5.41, 5.74) is 4.01. The van der Waals surface area contributed by atoms with Crippen LogP contribution >= 0.6 is 11.3 Å². The molecule has 0 fully saturated rings. The molecule has 7 heteroatoms. The summed E-state index contributed by atoms with van der Waals surface area (Å²) in [7, 11) is 1.66. The molecule has 0 aliphatic carbocycles. The van der Waals surface area contributed by atoms with Crippen LogP contribution in [-0.2, 0) is 0 Å². The molecule has 2 amide bonds. The molecule has 6 nitrogen and oxygen atoms in total. The molecule has 0 spiro atoms. The molecule has 1 aromatic heterocycles. The van der Waals surface area contributed by atoms with Crippen LogP contribution in [0, 0.1) is 0 Å². The van der Waals surface area contributed by atoms with Gasteiger partial charge in [0.1, 0.15) is 11.3 Å². The van der Waals surface area contributed by atoms with Crippen molar-refractivity contribution in [2.24, 2.45) is 0 Å². The smallest absolute Gasteiger partial charge is 0.323 e. The lowest BCUT2D eigenvalue weighted by atomic mass is 9.99. The Labute approximate surface area is 132 Å². The number of benzene rings is 1. The van der Waals surface area contributed by atoms with Crippen molar-refractivity contribution in [2.45, 2.75) is 6.42 Å². The fraction of sp³-hybridized carbons (Fsp3) is 0.267. The number of methoxy groups -OCH3 is 1. The zero-order valence-electron chi connectivity index (χ0n) is 12.2. The first kappa shape index (κ1) is 14.5. The van der Waals surface area contributed by atoms with E-state index in [1.54, 1.807) is 17.5 Å². The molecule has 0 unspecified atom stereocenters. The third-order valence-corrected chi connectivity index (χ3v) is 4.14. The van der Waals surface area contributed by atoms with Gasteiger partial charge >= 0.3 is 6.03 Å². The Morgan fingerprint density at radius 2 is 2.18 bits per heavy atom. The molecule has 0 atom stereocenters. The first-order valence-electron chi connectivity index (χ1n) is 6.92. The van der Waals surface area contributed by atoms with Gasteiger partial charge in [0, 0.05) is 13.1 Å². The van der Waals surface area contributed by atoms with Crippen LogP contribution in [0.4, 0.5) is 9.93 Å². The van der Waals surface area contributed by atoms with Crippen LogP contribution in [0.25, 0.3) is 5.57 Å². The number of aromatic nitrogens is 2. The largest absolute Gasteiger partial charge is 0.497 e. The zero-order chi connectivity index (χ0) is 15.4. The van der Waals surface area contributed by atoms with Crippen LogP contribution in [-0.4, -0.2) is 41.3 Å². The summed E-state index contributed by atoms with van der Waals surface area (Å²) in [5.74, 6) is 0.846. The molecule has 1 aliphatic heterocycles. The van der Waals surface area contributed by atoms with Crippen molar-refractivity contribution in [2.75, 3.05) is 25.5 Å². The van der Waals surface area contributed by atoms with Crippen LogP contribution in [0.5, 0.6) is 5.75 Å². The van der Waals surface area contributed by atoms with Gasteiger partial charge in [-0.15, -0.1) is 10.2 Å². The van der Waals surface area contributed by atoms with Crippen molar-refractivity contribution in [3.63, 3.8) is 0 Å². The second-order valence-electron chi connectivity index (χ2n) is 4.83. The third kappa shape index (κ3) is 3.25. The molecule has 2 heterocycles. The van der Waals surface area contributed by atoms with Crippen LogP contribution in [0.1, 0.15) is 12.0 Å². The van der Waals surface area contributed by atoms with Crippen molar-refractivity contribution in [1.82, 2.24) is 15.1 Å². The van der Waals surface area contributed by atoms with E-state index >= 15 is 0 Å². The van der Waals surface area contributed by atoms with Gasteiger partial charge in [0.15, 0.2) is 0 Å². The molecule has 1 aliphatic rings. The molecule has 3 rings (SSSR count). The number of hydrogen-bond donors (Lipinski definition) is 1. The van der Waals surface area contributed by atoms with Gasteiger partial charge in [0.25, 0.3) is 0 Å². The topological polar surface area (TPSA) is 67.3 Å². The lowest BCUT2D eigenvalue weighted by molar-refractivity contribution is 0.217. The highest BCUT2D eigenvalue weighted by Gasteiger charge is 2.18. The Morgan fingerprint density at radius 3 is 2.77 bits per heavy atom. The second kappa shape index (κ2) is 6.57. The van der Waals surface area contributed by atoms with E-state index in [4.69, 9.17) is 4.74 Å². The maximum absolute atomic E-state index is 12.1. The molecule has 0 saturated carbocycles. The summed E-state index contributed by atoms with van der Waals surface area (Å²) in [4.78, 5) is 13.9. The summed E-state index contributed by atoms with van der Waals surface area (Å²) in [6, 6.07) is 7.85. The number of hydrogen-bond acceptors (Lipinski definition) is 5. The van der Waals surface area contributed by atoms with E-state index in [2.05, 4.69) is 21.6 Å². The average molecular weight is 316 g/mol. The number of ether oxygens (including phenoxy) is 1. The van der Waals surface area contributed by atoms with Gasteiger partial charge in [-0.3, -0.25) is 5.32 Å². The summed E-state index contributed by atoms with van der Waals surface area (Å²) >= 11 is 1.31. The van der Waals surface area contributed by atoms with Gasteiger partial charge in [-0.25, -0.2) is 4.79 Å². The molecule has 0 saturated heterocycles. The number of rotatable bonds is 3. The zero-order valence-corrected chi connectivity index (χ0v) is 13.0. The van der Waals surface area contributed by atoms with Gasteiger partial charge in [-0.2, -0.15) is 0 Å². The van der Waals surface area contributed by atoms with Gasteiger partial charge in [0.05, 0.1) is 7.11 Å². The quantitative estimate of drug-likeness (QED) is 0.945. The van der Waals surface area contributed by atoms with Gasteiger partial charge < -0.3 is 9.64 Å². The number of carbonyl (C=O) groups is 1. The van der Waals surface area contributed by atoms with E-state index in [9.17, 15) is 4.79 Å². The molecule has 1 N–H and O–H groups in total. The van der Waals surface area contributed by atoms with Gasteiger partial charge in [-0.05, 0) is 29.7 Å². The number of urea groups is 1. The first-order chi connectivity index (χ1) is 10.8. The van der Waals surface area contributed by atoms with E-state index < -0.39 is 0 Å². The summed E-state index contributed by atoms with van der Waals surface area (Å²) < 4.78 is 5.16. The third-order valence-electron chi connectivity index (χ3n) is 3.53. The van der Waals surface area contributed by atoms with E-state index in [1.807, 2.05) is 24.3 Å². The fourth-order valence-corrected chi connectivity index (χ4v) is 2.75. The second-order valence-corrected chi connectivity index (χ2v) is 5.66. The van der Waals surface area contributed by atoms with Crippen LogP contribution in [0.15, 0.2) is 35.9 Å². The molecule has 1 aromatic carbocycles. The standard InChI is InChI=1S/C15H16N4O2S/c1-21-13-4-2-11(3-5-13)12-6-8-19(9-7-12)15(20)17-14-18-16-10-22-14/h2-6,10H,7-9H2,1H3,(H,17,18,20). The van der Waals surface area contributed by atoms with Gasteiger partial charge in [-0.1, -0.05) is 29.5 Å². The number of nitrogens with one attached hydrogen (secondary N) is 1. The lowest BCUT2D eigenvalue weighted by Gasteiger charge is -2.26. The highest BCUT2D eigenvalue weighted by Crippen LogP contribution is 2.24. The minimum atomic E-state index is -0.137. The minimum absolute atomic E-state index is 0.137. The highest BCUT2D eigenvalue weighted by atomic mass is 32.1. The average Bonchev–Trinajstić information content (AvgIpc) is 3.08. The van der Waals surface area contributed by atoms with Crippen molar-refractivity contribution in [3.8, 4) is 5.75 Å². The molecular formula is C15H16N4O2S. The highest BCUT2D eigenvalue weighted by molar-refractivity contribution is 7.13. The van der Waals surface area contributed by atoms with Crippen LogP contribution in [0.2, 0.25) is 0 Å². The fourth-order valence-electron chi connectivity index (χ4n) is 2.32. The van der Waals surface area contributed by atoms with Crippen molar-refractivity contribution in [1.29, 1.82) is 0 Å². The number of carbonyl (C=O) groups excluding carboxylic acids is 1. The lowest BCUT2D eigenvalue weighted by Crippen LogP contribution is -2.37. The molecule has 0 radical (unpaired) electrons. The monoisotopic (exact) mass is 316 g/mol. The Hall–Kier alpha value is -2.41. The van der Waals surface area contributed by atoms with Gasteiger partial charge in [0.2, 0.25) is 5.13 Å². The number of anilines is 1. The number of amides is 2. The Kier molecular flexibility index (Phi) is 4.34. The predicted octanol–water partition coefficient (Wildman–Crippen LogP) is 2.87. The Bertz CT molecular complexity index is 667. The maximum atomic E-state index is 12.1. The molecular weight excluding hydrogens is 300 g/mol. The molecule has 114 valence electrons. The molecule has 22 heavy (non-hydrogen) atoms. The SMILES string of the molecule is COc1ccc(C2=CCN(C(=O)Nc3nncs3)CC2)cc1. The molecule has 2 aromatic rings. The van der Waals surface area contributed by atoms with Crippen molar-refractivity contribution >= 4 is 28.1 Å². The minimum Gasteiger partial charge on any atom is -0.497 e. The molecule has 0 bridgehead atoms. The maximum Gasteiger partial charge on any atom is 0.323 e. The predicted molar refractivity (Wildman–Crippen MR) is 86.1 cm³/mol. The van der Waals surface area contributed by atoms with E-state index in [0.717, 1.165) is 12.2 Å². The Balaban J connectivity index is 1.62. The van der Waals surface area contributed by atoms with Crippen molar-refractivity contribution in [3.05, 3.63) is 41.4 Å². The summed E-state index contributed by atoms with van der Waals surface area (Å²) in [6.45, 7) is 1.27. The summed E-state index contributed by atoms with van der Waals surface area (Å²) in [6.07, 6.45) is 2.92. The first-order valence-corrected chi connectivity index (χ1v) is 7.80. The van der Waals surface area contributed by atoms with E-state index in [0.29, 0.717) is 18.2 Å². The van der Waals surface area contributed by atoms with Crippen LogP contribution < -0.4 is 10.1 Å². The summed E-state index contributed by atoms with van der Waals surface area (Å²) in [5, 5.41) is 10.8. The van der Waals surface area contributed by atoms with Crippen molar-refractivity contribution < 1.29 is 9.53 Å². The van der Waals surface area contributed by atoms with Crippen LogP contribution in [0.3, 0.4) is 0 Å². The Morgan fingerprint density at radius 1 is 1.36 bits per heavy atom. The number of nitrogens with zero attached hydrogens (tertiary/aromatic N) is 3. The van der Waals surface area contributed by atoms with E-state index in [-0.39, 0.29) is 6.03 Å². The van der Waals surface area contributed by atoms with E-state index in [1.165, 1.54) is 22.5 Å². The normalized spacial score (nSPS) is 14.4.